The second-order valence-corrected chi connectivity index (χ2v) is 5.56. The van der Waals surface area contributed by atoms with Crippen molar-refractivity contribution >= 4 is 34.8 Å². The first-order valence-electron chi connectivity index (χ1n) is 5.63. The molecule has 0 saturated heterocycles. The summed E-state index contributed by atoms with van der Waals surface area (Å²) in [5, 5.41) is 1.62. The molecule has 2 aromatic rings. The molecule has 0 bridgehead atoms. The third-order valence-electron chi connectivity index (χ3n) is 2.86. The van der Waals surface area contributed by atoms with Crippen LogP contribution in [0.5, 0.6) is 0 Å². The minimum Gasteiger partial charge on any atom is -0.232 e. The first-order chi connectivity index (χ1) is 8.63. The van der Waals surface area contributed by atoms with Crippen molar-refractivity contribution in [1.29, 1.82) is 0 Å². The van der Waals surface area contributed by atoms with Crippen LogP contribution in [0, 0.1) is 0 Å². The molecule has 1 aromatic heterocycles. The summed E-state index contributed by atoms with van der Waals surface area (Å²) in [6, 6.07) is 7.06. The van der Waals surface area contributed by atoms with Gasteiger partial charge in [0, 0.05) is 22.6 Å². The molecule has 0 atom stereocenters. The zero-order valence-corrected chi connectivity index (χ0v) is 11.6. The number of aromatic nitrogens is 2. The summed E-state index contributed by atoms with van der Waals surface area (Å²) >= 11 is 18.1. The molecule has 0 radical (unpaired) electrons. The van der Waals surface area contributed by atoms with Gasteiger partial charge >= 0.3 is 0 Å². The Bertz CT molecular complexity index is 609. The third kappa shape index (κ3) is 2.46. The molecule has 92 valence electrons. The highest BCUT2D eigenvalue weighted by molar-refractivity contribution is 6.36. The fourth-order valence-electron chi connectivity index (χ4n) is 1.79. The van der Waals surface area contributed by atoms with Gasteiger partial charge in [0.05, 0.1) is 10.7 Å². The van der Waals surface area contributed by atoms with E-state index >= 15 is 0 Å². The van der Waals surface area contributed by atoms with Crippen LogP contribution in [0.3, 0.4) is 0 Å². The highest BCUT2D eigenvalue weighted by Gasteiger charge is 2.27. The lowest BCUT2D eigenvalue weighted by atomic mass is 10.1. The van der Waals surface area contributed by atoms with Crippen LogP contribution in [0.2, 0.25) is 15.2 Å². The van der Waals surface area contributed by atoms with E-state index in [9.17, 15) is 0 Å². The SMILES string of the molecule is Clc1ccc(-c2cc(Cl)nc(C3CC3)n2)c(Cl)c1. The summed E-state index contributed by atoms with van der Waals surface area (Å²) in [7, 11) is 0. The summed E-state index contributed by atoms with van der Waals surface area (Å²) in [6.07, 6.45) is 2.27. The van der Waals surface area contributed by atoms with Crippen LogP contribution in [0.4, 0.5) is 0 Å². The first-order valence-corrected chi connectivity index (χ1v) is 6.77. The van der Waals surface area contributed by atoms with Crippen molar-refractivity contribution in [2.75, 3.05) is 0 Å². The Morgan fingerprint density at radius 2 is 1.78 bits per heavy atom. The Morgan fingerprint density at radius 3 is 2.44 bits per heavy atom. The maximum Gasteiger partial charge on any atom is 0.133 e. The maximum absolute atomic E-state index is 6.18. The Hall–Kier alpha value is -0.830. The molecule has 5 heteroatoms. The molecule has 18 heavy (non-hydrogen) atoms. The van der Waals surface area contributed by atoms with Crippen LogP contribution in [-0.4, -0.2) is 9.97 Å². The van der Waals surface area contributed by atoms with Gasteiger partial charge in [0.25, 0.3) is 0 Å². The largest absolute Gasteiger partial charge is 0.232 e. The monoisotopic (exact) mass is 298 g/mol. The fraction of sp³-hybridized carbons (Fsp3) is 0.231. The molecular formula is C13H9Cl3N2. The molecule has 0 amide bonds. The molecule has 0 unspecified atom stereocenters. The van der Waals surface area contributed by atoms with Gasteiger partial charge in [0.15, 0.2) is 0 Å². The van der Waals surface area contributed by atoms with Gasteiger partial charge < -0.3 is 0 Å². The van der Waals surface area contributed by atoms with E-state index in [-0.39, 0.29) is 0 Å². The zero-order chi connectivity index (χ0) is 12.7. The predicted molar refractivity (Wildman–Crippen MR) is 74.5 cm³/mol. The quantitative estimate of drug-likeness (QED) is 0.731. The Balaban J connectivity index is 2.10. The maximum atomic E-state index is 6.18. The molecule has 3 rings (SSSR count). The lowest BCUT2D eigenvalue weighted by Crippen LogP contribution is -1.95. The van der Waals surface area contributed by atoms with Crippen LogP contribution in [-0.2, 0) is 0 Å². The molecule has 1 aliphatic rings. The fourth-order valence-corrected chi connectivity index (χ4v) is 2.49. The van der Waals surface area contributed by atoms with E-state index in [1.54, 1.807) is 18.2 Å². The molecule has 1 saturated carbocycles. The van der Waals surface area contributed by atoms with E-state index in [0.29, 0.717) is 21.1 Å². The molecule has 0 aliphatic heterocycles. The summed E-state index contributed by atoms with van der Waals surface area (Å²) < 4.78 is 0. The third-order valence-corrected chi connectivity index (χ3v) is 3.60. The van der Waals surface area contributed by atoms with Gasteiger partial charge in [0.2, 0.25) is 0 Å². The smallest absolute Gasteiger partial charge is 0.133 e. The van der Waals surface area contributed by atoms with Gasteiger partial charge in [-0.05, 0) is 31.0 Å². The van der Waals surface area contributed by atoms with Crippen LogP contribution in [0.15, 0.2) is 24.3 Å². The van der Waals surface area contributed by atoms with E-state index in [0.717, 1.165) is 29.9 Å². The Morgan fingerprint density at radius 1 is 1.00 bits per heavy atom. The van der Waals surface area contributed by atoms with Gasteiger partial charge in [-0.2, -0.15) is 0 Å². The second-order valence-electron chi connectivity index (χ2n) is 4.33. The topological polar surface area (TPSA) is 25.8 Å². The lowest BCUT2D eigenvalue weighted by molar-refractivity contribution is 0.931. The minimum atomic E-state index is 0.452. The number of rotatable bonds is 2. The average molecular weight is 300 g/mol. The number of hydrogen-bond acceptors (Lipinski definition) is 2. The molecule has 1 aromatic carbocycles. The van der Waals surface area contributed by atoms with Crippen molar-refractivity contribution in [3.63, 3.8) is 0 Å². The normalized spacial score (nSPS) is 14.8. The van der Waals surface area contributed by atoms with Crippen molar-refractivity contribution in [3.05, 3.63) is 45.3 Å². The highest BCUT2D eigenvalue weighted by atomic mass is 35.5. The summed E-state index contributed by atoms with van der Waals surface area (Å²) in [6.45, 7) is 0. The lowest BCUT2D eigenvalue weighted by Gasteiger charge is -2.06. The predicted octanol–water partition coefficient (Wildman–Crippen LogP) is 4.98. The van der Waals surface area contributed by atoms with Crippen molar-refractivity contribution in [2.24, 2.45) is 0 Å². The van der Waals surface area contributed by atoms with Crippen LogP contribution in [0.1, 0.15) is 24.6 Å². The van der Waals surface area contributed by atoms with E-state index < -0.39 is 0 Å². The van der Waals surface area contributed by atoms with E-state index in [2.05, 4.69) is 9.97 Å². The van der Waals surface area contributed by atoms with Gasteiger partial charge in [-0.3, -0.25) is 0 Å². The van der Waals surface area contributed by atoms with E-state index in [4.69, 9.17) is 34.8 Å². The second kappa shape index (κ2) is 4.69. The van der Waals surface area contributed by atoms with Gasteiger partial charge in [-0.25, -0.2) is 9.97 Å². The van der Waals surface area contributed by atoms with E-state index in [1.165, 1.54) is 0 Å². The van der Waals surface area contributed by atoms with Crippen molar-refractivity contribution in [2.45, 2.75) is 18.8 Å². The van der Waals surface area contributed by atoms with Crippen LogP contribution >= 0.6 is 34.8 Å². The van der Waals surface area contributed by atoms with Gasteiger partial charge in [-0.1, -0.05) is 34.8 Å². The number of benzene rings is 1. The highest BCUT2D eigenvalue weighted by Crippen LogP contribution is 2.39. The summed E-state index contributed by atoms with van der Waals surface area (Å²) in [5.41, 5.74) is 1.57. The molecule has 2 nitrogen and oxygen atoms in total. The molecule has 1 fully saturated rings. The zero-order valence-electron chi connectivity index (χ0n) is 9.33. The van der Waals surface area contributed by atoms with Crippen LogP contribution < -0.4 is 0 Å². The first kappa shape index (κ1) is 12.2. The standard InChI is InChI=1S/C13H9Cl3N2/c14-8-3-4-9(10(15)5-8)11-6-12(16)18-13(17-11)7-1-2-7/h3-7H,1-2H2. The molecule has 1 aliphatic carbocycles. The van der Waals surface area contributed by atoms with Crippen molar-refractivity contribution < 1.29 is 0 Å². The minimum absolute atomic E-state index is 0.452. The van der Waals surface area contributed by atoms with Crippen molar-refractivity contribution in [1.82, 2.24) is 9.97 Å². The Labute approximate surface area is 120 Å². The molecule has 0 spiro atoms. The number of nitrogens with zero attached hydrogens (tertiary/aromatic N) is 2. The molecular weight excluding hydrogens is 291 g/mol. The van der Waals surface area contributed by atoms with Gasteiger partial charge in [0.1, 0.15) is 11.0 Å². The average Bonchev–Trinajstić information content (AvgIpc) is 3.11. The summed E-state index contributed by atoms with van der Waals surface area (Å²) in [4.78, 5) is 8.79. The van der Waals surface area contributed by atoms with E-state index in [1.807, 2.05) is 6.07 Å². The van der Waals surface area contributed by atoms with Gasteiger partial charge in [-0.15, -0.1) is 0 Å². The number of hydrogen-bond donors (Lipinski definition) is 0. The molecule has 0 N–H and O–H groups in total. The Kier molecular flexibility index (Phi) is 3.18. The van der Waals surface area contributed by atoms with Crippen LogP contribution in [0.25, 0.3) is 11.3 Å². The number of halogens is 3. The summed E-state index contributed by atoms with van der Waals surface area (Å²) in [5.74, 6) is 1.26. The molecule has 1 heterocycles. The van der Waals surface area contributed by atoms with Crippen molar-refractivity contribution in [3.8, 4) is 11.3 Å².